The molecule has 1 aromatic heterocycles. The van der Waals surface area contributed by atoms with Gasteiger partial charge in [0.15, 0.2) is 11.4 Å². The maximum Gasteiger partial charge on any atom is 0.183 e. The minimum Gasteiger partial charge on any atom is -0.487 e. The Hall–Kier alpha value is -2.20. The fourth-order valence-electron chi connectivity index (χ4n) is 6.17. The number of aliphatic hydroxyl groups excluding tert-OH is 1. The van der Waals surface area contributed by atoms with Crippen molar-refractivity contribution in [1.29, 1.82) is 5.26 Å². The Morgan fingerprint density at radius 1 is 1.02 bits per heavy atom. The Morgan fingerprint density at radius 2 is 1.62 bits per heavy atom. The van der Waals surface area contributed by atoms with Crippen LogP contribution in [0.2, 0.25) is 0 Å². The summed E-state index contributed by atoms with van der Waals surface area (Å²) < 4.78 is 24.0. The summed E-state index contributed by atoms with van der Waals surface area (Å²) in [6.45, 7) is 28.2. The Labute approximate surface area is 288 Å². The molecule has 1 aliphatic rings. The number of ether oxygens (including phenoxy) is 4. The zero-order valence-corrected chi connectivity index (χ0v) is 32.6. The Balaban J connectivity index is 0.00000508. The summed E-state index contributed by atoms with van der Waals surface area (Å²) in [5.74, 6) is 7.62. The molecule has 2 unspecified atom stereocenters. The molecule has 1 aliphatic carbocycles. The Kier molecular flexibility index (Phi) is 18.8. The van der Waals surface area contributed by atoms with E-state index in [2.05, 4.69) is 85.2 Å². The van der Waals surface area contributed by atoms with Crippen molar-refractivity contribution in [3.8, 4) is 23.7 Å². The van der Waals surface area contributed by atoms with Gasteiger partial charge in [0.2, 0.25) is 0 Å². The van der Waals surface area contributed by atoms with Gasteiger partial charge in [-0.25, -0.2) is 4.98 Å². The molecule has 0 amide bonds. The molecule has 270 valence electrons. The van der Waals surface area contributed by atoms with Gasteiger partial charge in [-0.15, -0.1) is 0 Å². The highest BCUT2D eigenvalue weighted by Gasteiger charge is 2.34. The highest BCUT2D eigenvalue weighted by Crippen LogP contribution is 2.37. The second-order valence-electron chi connectivity index (χ2n) is 15.6. The van der Waals surface area contributed by atoms with Crippen LogP contribution in [0.25, 0.3) is 0 Å². The van der Waals surface area contributed by atoms with E-state index in [0.717, 1.165) is 52.1 Å². The van der Waals surface area contributed by atoms with Crippen molar-refractivity contribution in [2.75, 3.05) is 20.8 Å². The molecule has 2 rings (SSSR count). The molecule has 3 N–H and O–H groups in total. The van der Waals surface area contributed by atoms with E-state index in [0.29, 0.717) is 24.0 Å². The maximum atomic E-state index is 9.64. The first-order valence-corrected chi connectivity index (χ1v) is 17.4. The molecule has 0 spiro atoms. The fourth-order valence-corrected chi connectivity index (χ4v) is 6.17. The smallest absolute Gasteiger partial charge is 0.183 e. The van der Waals surface area contributed by atoms with E-state index in [9.17, 15) is 5.26 Å². The zero-order chi connectivity index (χ0) is 36.7. The number of aliphatic hydroxyl groups is 1. The van der Waals surface area contributed by atoms with Gasteiger partial charge >= 0.3 is 0 Å². The third-order valence-electron chi connectivity index (χ3n) is 8.20. The van der Waals surface area contributed by atoms with E-state index in [1.807, 2.05) is 33.8 Å². The lowest BCUT2D eigenvalue weighted by atomic mass is 9.75. The first-order chi connectivity index (χ1) is 21.7. The van der Waals surface area contributed by atoms with Crippen LogP contribution in [0.3, 0.4) is 0 Å². The molecule has 0 bridgehead atoms. The minimum atomic E-state index is -0.645. The summed E-state index contributed by atoms with van der Waals surface area (Å²) in [5, 5.41) is 16.6. The van der Waals surface area contributed by atoms with Crippen molar-refractivity contribution >= 4 is 0 Å². The lowest BCUT2D eigenvalue weighted by Crippen LogP contribution is -2.44. The lowest BCUT2D eigenvalue weighted by Gasteiger charge is -2.38. The summed E-state index contributed by atoms with van der Waals surface area (Å²) in [5.41, 5.74) is 5.50. The van der Waals surface area contributed by atoms with Crippen molar-refractivity contribution in [1.82, 2.24) is 4.98 Å². The van der Waals surface area contributed by atoms with E-state index in [1.165, 1.54) is 0 Å². The van der Waals surface area contributed by atoms with Gasteiger partial charge in [0.25, 0.3) is 0 Å². The molecule has 1 aromatic rings. The molecule has 8 nitrogen and oxygen atoms in total. The van der Waals surface area contributed by atoms with Crippen molar-refractivity contribution in [3.63, 3.8) is 0 Å². The summed E-state index contributed by atoms with van der Waals surface area (Å²) in [4.78, 5) is 4.47. The highest BCUT2D eigenvalue weighted by molar-refractivity contribution is 5.42. The van der Waals surface area contributed by atoms with Crippen LogP contribution in [0.5, 0.6) is 5.75 Å². The highest BCUT2D eigenvalue weighted by atomic mass is 16.5. The quantitative estimate of drug-likeness (QED) is 0.134. The molecular formula is C39H69N3O5. The van der Waals surface area contributed by atoms with E-state index in [1.54, 1.807) is 13.2 Å². The molecule has 0 aromatic carbocycles. The van der Waals surface area contributed by atoms with Crippen LogP contribution in [0.4, 0.5) is 0 Å². The van der Waals surface area contributed by atoms with Crippen LogP contribution in [0.1, 0.15) is 146 Å². The van der Waals surface area contributed by atoms with Crippen LogP contribution in [-0.2, 0) is 14.2 Å². The van der Waals surface area contributed by atoms with Gasteiger partial charge in [-0.2, -0.15) is 5.26 Å². The molecule has 8 heteroatoms. The van der Waals surface area contributed by atoms with Gasteiger partial charge in [-0.1, -0.05) is 47.5 Å². The van der Waals surface area contributed by atoms with Gasteiger partial charge in [-0.3, -0.25) is 0 Å². The molecule has 0 aliphatic heterocycles. The first kappa shape index (κ1) is 44.8. The third-order valence-corrected chi connectivity index (χ3v) is 8.20. The average Bonchev–Trinajstić information content (AvgIpc) is 2.96. The van der Waals surface area contributed by atoms with Crippen LogP contribution < -0.4 is 10.5 Å². The number of rotatable bonds is 16. The zero-order valence-electron chi connectivity index (χ0n) is 32.6. The Morgan fingerprint density at radius 3 is 2.13 bits per heavy atom. The first-order valence-electron chi connectivity index (χ1n) is 17.4. The second-order valence-corrected chi connectivity index (χ2v) is 15.6. The van der Waals surface area contributed by atoms with Gasteiger partial charge in [-0.05, 0) is 110 Å². The number of nitrogens with zero attached hydrogens (tertiary/aromatic N) is 2. The van der Waals surface area contributed by atoms with Crippen molar-refractivity contribution in [2.24, 2.45) is 22.5 Å². The SMILES string of the molecule is CC.CCC(C)(CCC(C)CC(C)(C)OC(C)(C)N)OCC(C)(C)CC(C)(C)C#Cc1ccc(OC2CC(OC)C2)c(C#N)n1.CO. The number of methoxy groups -OCH3 is 1. The topological polar surface area (TPSA) is 120 Å². The van der Waals surface area contributed by atoms with Gasteiger partial charge in [0.1, 0.15) is 23.6 Å². The summed E-state index contributed by atoms with van der Waals surface area (Å²) in [6, 6.07) is 5.80. The number of nitrogens with two attached hydrogens (primary N) is 1. The molecular weight excluding hydrogens is 590 g/mol. The molecule has 1 fully saturated rings. The summed E-state index contributed by atoms with van der Waals surface area (Å²) >= 11 is 0. The van der Waals surface area contributed by atoms with Crippen LogP contribution in [0, 0.1) is 39.9 Å². The number of hydrogen-bond donors (Lipinski definition) is 2. The minimum absolute atomic E-state index is 0.0628. The van der Waals surface area contributed by atoms with Crippen LogP contribution in [-0.4, -0.2) is 60.1 Å². The molecule has 1 saturated carbocycles. The average molecular weight is 660 g/mol. The van der Waals surface area contributed by atoms with Crippen LogP contribution >= 0.6 is 0 Å². The van der Waals surface area contributed by atoms with E-state index in [4.69, 9.17) is 29.8 Å². The van der Waals surface area contributed by atoms with Crippen molar-refractivity contribution in [2.45, 2.75) is 164 Å². The second kappa shape index (κ2) is 19.7. The maximum absolute atomic E-state index is 9.64. The largest absolute Gasteiger partial charge is 0.487 e. The summed E-state index contributed by atoms with van der Waals surface area (Å²) in [7, 11) is 2.71. The Bertz CT molecular complexity index is 1150. The predicted octanol–water partition coefficient (Wildman–Crippen LogP) is 8.42. The standard InChI is InChI=1S/C36H59N3O4.C2H6.CH4O/c1-13-36(11,19-16-26(2)22-34(7,8)43-35(9,10)38)41-25-33(5,6)24-32(3,4)18-17-27-14-15-31(30(23-37)39-27)42-29-20-28(21-29)40-12;2*1-2/h14-15,26,28-29H,13,16,19-22,24-25,38H2,1-12H3;1-2H3;2H,1H3. The molecule has 47 heavy (non-hydrogen) atoms. The van der Waals surface area contributed by atoms with E-state index in [-0.39, 0.29) is 39.9 Å². The van der Waals surface area contributed by atoms with Crippen molar-refractivity contribution < 1.29 is 24.1 Å². The monoisotopic (exact) mass is 660 g/mol. The number of aromatic nitrogens is 1. The normalized spacial score (nSPS) is 18.4. The van der Waals surface area contributed by atoms with E-state index < -0.39 is 5.72 Å². The summed E-state index contributed by atoms with van der Waals surface area (Å²) in [6.07, 6.45) is 6.77. The number of nitriles is 1. The number of hydrogen-bond acceptors (Lipinski definition) is 8. The molecule has 2 atom stereocenters. The van der Waals surface area contributed by atoms with Crippen LogP contribution in [0.15, 0.2) is 12.1 Å². The number of pyridine rings is 1. The predicted molar refractivity (Wildman–Crippen MR) is 193 cm³/mol. The van der Waals surface area contributed by atoms with Gasteiger partial charge in [0, 0.05) is 32.5 Å². The molecule has 0 radical (unpaired) electrons. The third kappa shape index (κ3) is 17.7. The van der Waals surface area contributed by atoms with E-state index >= 15 is 0 Å². The van der Waals surface area contributed by atoms with Crippen molar-refractivity contribution in [3.05, 3.63) is 23.5 Å². The fraction of sp³-hybridized carbons (Fsp3) is 0.795. The van der Waals surface area contributed by atoms with Gasteiger partial charge < -0.3 is 29.8 Å². The van der Waals surface area contributed by atoms with Gasteiger partial charge in [0.05, 0.1) is 23.9 Å². The molecule has 0 saturated heterocycles. The lowest BCUT2D eigenvalue weighted by molar-refractivity contribution is -0.129. The molecule has 1 heterocycles.